The highest BCUT2D eigenvalue weighted by Gasteiger charge is 2.49. The van der Waals surface area contributed by atoms with Crippen molar-refractivity contribution in [1.29, 1.82) is 0 Å². The molecular formula is C19H28Cl2FNO2. The summed E-state index contributed by atoms with van der Waals surface area (Å²) < 4.78 is 13.5. The van der Waals surface area contributed by atoms with Crippen molar-refractivity contribution < 1.29 is 14.3 Å². The highest BCUT2D eigenvalue weighted by molar-refractivity contribution is 6.31. The third-order valence-electron chi connectivity index (χ3n) is 5.19. The van der Waals surface area contributed by atoms with Gasteiger partial charge in [-0.2, -0.15) is 0 Å². The van der Waals surface area contributed by atoms with E-state index in [0.717, 1.165) is 24.0 Å². The van der Waals surface area contributed by atoms with Crippen LogP contribution in [0.4, 0.5) is 4.39 Å². The van der Waals surface area contributed by atoms with Crippen LogP contribution < -0.4 is 5.32 Å². The minimum atomic E-state index is -0.990. The highest BCUT2D eigenvalue weighted by atomic mass is 35.5. The van der Waals surface area contributed by atoms with Crippen LogP contribution in [0.1, 0.15) is 58.1 Å². The second kappa shape index (κ2) is 8.24. The summed E-state index contributed by atoms with van der Waals surface area (Å²) in [5, 5.41) is 13.8. The molecule has 1 aromatic rings. The largest absolute Gasteiger partial charge is 0.480 e. The number of aryl methyl sites for hydroxylation is 1. The number of carboxylic acids is 1. The molecule has 0 saturated heterocycles. The Bertz CT molecular complexity index is 631. The zero-order valence-corrected chi connectivity index (χ0v) is 16.9. The second-order valence-electron chi connectivity index (χ2n) is 7.82. The van der Waals surface area contributed by atoms with Crippen molar-refractivity contribution >= 4 is 30.0 Å². The Morgan fingerprint density at radius 1 is 1.40 bits per heavy atom. The number of rotatable bonds is 5. The number of benzene rings is 1. The quantitative estimate of drug-likeness (QED) is 0.740. The van der Waals surface area contributed by atoms with Crippen LogP contribution in [-0.2, 0) is 17.6 Å². The average molecular weight is 392 g/mol. The van der Waals surface area contributed by atoms with Crippen LogP contribution in [0.5, 0.6) is 0 Å². The normalized spacial score (nSPS) is 19.5. The second-order valence-corrected chi connectivity index (χ2v) is 8.23. The minimum Gasteiger partial charge on any atom is -0.480 e. The number of hydrogen-bond donors (Lipinski definition) is 2. The Morgan fingerprint density at radius 3 is 2.56 bits per heavy atom. The van der Waals surface area contributed by atoms with Gasteiger partial charge >= 0.3 is 5.97 Å². The molecule has 0 radical (unpaired) electrons. The molecule has 1 aliphatic carbocycles. The first-order chi connectivity index (χ1) is 11.1. The van der Waals surface area contributed by atoms with Gasteiger partial charge in [0.1, 0.15) is 11.4 Å². The van der Waals surface area contributed by atoms with Crippen LogP contribution in [0.15, 0.2) is 12.1 Å². The molecule has 2 atom stereocenters. The molecule has 0 aliphatic heterocycles. The fourth-order valence-electron chi connectivity index (χ4n) is 3.79. The number of halogens is 3. The van der Waals surface area contributed by atoms with Crippen LogP contribution in [-0.4, -0.2) is 22.7 Å². The molecule has 3 nitrogen and oxygen atoms in total. The van der Waals surface area contributed by atoms with E-state index in [0.29, 0.717) is 24.3 Å². The Kier molecular flexibility index (Phi) is 7.31. The molecule has 1 aromatic carbocycles. The molecule has 0 amide bonds. The molecule has 0 bridgehead atoms. The van der Waals surface area contributed by atoms with Gasteiger partial charge in [-0.25, -0.2) is 4.39 Å². The molecule has 0 saturated carbocycles. The van der Waals surface area contributed by atoms with Gasteiger partial charge in [-0.15, -0.1) is 12.4 Å². The summed E-state index contributed by atoms with van der Waals surface area (Å²) in [6, 6.07) is 2.89. The van der Waals surface area contributed by atoms with E-state index in [9.17, 15) is 14.3 Å². The Balaban J connectivity index is 0.00000312. The number of carbonyl (C=O) groups is 1. The van der Waals surface area contributed by atoms with Crippen molar-refractivity contribution in [3.05, 3.63) is 34.1 Å². The Morgan fingerprint density at radius 2 is 2.04 bits per heavy atom. The van der Waals surface area contributed by atoms with Gasteiger partial charge in [0.15, 0.2) is 0 Å². The van der Waals surface area contributed by atoms with E-state index in [-0.39, 0.29) is 24.3 Å². The number of hydrogen-bond acceptors (Lipinski definition) is 2. The summed E-state index contributed by atoms with van der Waals surface area (Å²) in [6.45, 7) is 7.88. The summed E-state index contributed by atoms with van der Waals surface area (Å²) >= 11 is 6.21. The third kappa shape index (κ3) is 4.47. The van der Waals surface area contributed by atoms with Crippen molar-refractivity contribution in [2.24, 2.45) is 5.41 Å². The summed E-state index contributed by atoms with van der Waals surface area (Å²) in [6.07, 6.45) is 3.46. The standard InChI is InChI=1S/C19H27ClFNO2.ClH/c1-5-8-19(17(23)24,18(2,3)4)22-14-7-6-12-9-13(21)10-16(20)15(12)11-14;/h9-10,14,22H,5-8,11H2,1-4H3,(H,23,24);1H/t14-,19+;/m0./s1. The van der Waals surface area contributed by atoms with Gasteiger partial charge in [0.2, 0.25) is 0 Å². The summed E-state index contributed by atoms with van der Waals surface area (Å²) in [5.41, 5.74) is 0.453. The van der Waals surface area contributed by atoms with Crippen LogP contribution in [0.3, 0.4) is 0 Å². The lowest BCUT2D eigenvalue weighted by Gasteiger charge is -2.45. The fourth-order valence-corrected chi connectivity index (χ4v) is 4.09. The summed E-state index contributed by atoms with van der Waals surface area (Å²) in [4.78, 5) is 12.2. The number of nitrogens with one attached hydrogen (secondary N) is 1. The number of fused-ring (bicyclic) bond motifs is 1. The molecule has 2 rings (SSSR count). The van der Waals surface area contributed by atoms with Gasteiger partial charge in [-0.3, -0.25) is 10.1 Å². The molecule has 6 heteroatoms. The molecule has 0 heterocycles. The Hall–Kier alpha value is -0.840. The van der Waals surface area contributed by atoms with Crippen molar-refractivity contribution in [2.75, 3.05) is 0 Å². The van der Waals surface area contributed by atoms with Crippen LogP contribution in [0.25, 0.3) is 0 Å². The van der Waals surface area contributed by atoms with E-state index in [1.165, 1.54) is 12.1 Å². The van der Waals surface area contributed by atoms with Gasteiger partial charge in [-0.1, -0.05) is 45.7 Å². The van der Waals surface area contributed by atoms with E-state index >= 15 is 0 Å². The van der Waals surface area contributed by atoms with E-state index in [1.807, 2.05) is 27.7 Å². The van der Waals surface area contributed by atoms with E-state index in [1.54, 1.807) is 0 Å². The number of carboxylic acid groups (broad SMARTS) is 1. The number of aliphatic carboxylic acids is 1. The van der Waals surface area contributed by atoms with Crippen LogP contribution in [0.2, 0.25) is 5.02 Å². The van der Waals surface area contributed by atoms with Crippen molar-refractivity contribution in [2.45, 2.75) is 71.4 Å². The zero-order chi connectivity index (χ0) is 18.1. The lowest BCUT2D eigenvalue weighted by atomic mass is 9.69. The lowest BCUT2D eigenvalue weighted by molar-refractivity contribution is -0.151. The molecule has 1 aliphatic rings. The van der Waals surface area contributed by atoms with Gasteiger partial charge in [0.05, 0.1) is 0 Å². The SMILES string of the molecule is CCC[C@@](N[C@H]1CCc2cc(F)cc(Cl)c2C1)(C(=O)O)C(C)(C)C.Cl. The topological polar surface area (TPSA) is 49.3 Å². The first-order valence-electron chi connectivity index (χ1n) is 8.58. The summed E-state index contributed by atoms with van der Waals surface area (Å²) in [5.74, 6) is -1.13. The monoisotopic (exact) mass is 391 g/mol. The fraction of sp³-hybridized carbons (Fsp3) is 0.632. The van der Waals surface area contributed by atoms with Gasteiger partial charge in [0, 0.05) is 11.1 Å². The predicted molar refractivity (Wildman–Crippen MR) is 102 cm³/mol. The first-order valence-corrected chi connectivity index (χ1v) is 8.96. The van der Waals surface area contributed by atoms with Gasteiger partial charge in [-0.05, 0) is 54.4 Å². The van der Waals surface area contributed by atoms with E-state index in [4.69, 9.17) is 11.6 Å². The molecule has 142 valence electrons. The van der Waals surface area contributed by atoms with Crippen LogP contribution in [0, 0.1) is 11.2 Å². The first kappa shape index (κ1) is 22.2. The Labute approximate surface area is 160 Å². The maximum absolute atomic E-state index is 13.5. The molecule has 25 heavy (non-hydrogen) atoms. The molecule has 0 fully saturated rings. The molecule has 0 spiro atoms. The van der Waals surface area contributed by atoms with E-state index < -0.39 is 16.9 Å². The molecule has 0 unspecified atom stereocenters. The minimum absolute atomic E-state index is 0. The molecule has 0 aromatic heterocycles. The molecule has 2 N–H and O–H groups in total. The van der Waals surface area contributed by atoms with E-state index in [2.05, 4.69) is 5.32 Å². The van der Waals surface area contributed by atoms with Gasteiger partial charge in [0.25, 0.3) is 0 Å². The molecular weight excluding hydrogens is 364 g/mol. The smallest absolute Gasteiger partial charge is 0.324 e. The van der Waals surface area contributed by atoms with Crippen molar-refractivity contribution in [3.63, 3.8) is 0 Å². The average Bonchev–Trinajstić information content (AvgIpc) is 2.45. The van der Waals surface area contributed by atoms with Crippen molar-refractivity contribution in [1.82, 2.24) is 5.32 Å². The maximum atomic E-state index is 13.5. The third-order valence-corrected chi connectivity index (χ3v) is 5.52. The maximum Gasteiger partial charge on any atom is 0.324 e. The van der Waals surface area contributed by atoms with Gasteiger partial charge < -0.3 is 5.11 Å². The zero-order valence-electron chi connectivity index (χ0n) is 15.3. The van der Waals surface area contributed by atoms with Crippen molar-refractivity contribution in [3.8, 4) is 0 Å². The highest BCUT2D eigenvalue weighted by Crippen LogP contribution is 2.37. The van der Waals surface area contributed by atoms with Crippen LogP contribution >= 0.6 is 24.0 Å². The predicted octanol–water partition coefficient (Wildman–Crippen LogP) is 5.02. The summed E-state index contributed by atoms with van der Waals surface area (Å²) in [7, 11) is 0. The lowest BCUT2D eigenvalue weighted by Crippen LogP contribution is -2.64.